The highest BCUT2D eigenvalue weighted by atomic mass is 14.9. The Labute approximate surface area is 171 Å². The summed E-state index contributed by atoms with van der Waals surface area (Å²) in [6.07, 6.45) is 24.2. The maximum atomic E-state index is 5.01. The van der Waals surface area contributed by atoms with Crippen LogP contribution in [-0.2, 0) is 0 Å². The van der Waals surface area contributed by atoms with E-state index < -0.39 is 0 Å². The van der Waals surface area contributed by atoms with Crippen LogP contribution in [0.15, 0.2) is 12.3 Å². The number of fused-ring (bicyclic) bond motifs is 1. The van der Waals surface area contributed by atoms with E-state index in [-0.39, 0.29) is 0 Å². The van der Waals surface area contributed by atoms with Gasteiger partial charge in [-0.1, -0.05) is 95.7 Å². The van der Waals surface area contributed by atoms with Crippen molar-refractivity contribution >= 4 is 23.9 Å². The molecule has 2 aliphatic rings. The predicted molar refractivity (Wildman–Crippen MR) is 121 cm³/mol. The van der Waals surface area contributed by atoms with Crippen LogP contribution in [0.25, 0.3) is 11.0 Å². The highest BCUT2D eigenvalue weighted by molar-refractivity contribution is 6.54. The topological polar surface area (TPSA) is 41.6 Å². The summed E-state index contributed by atoms with van der Waals surface area (Å²) < 4.78 is 0. The maximum absolute atomic E-state index is 5.01. The molecule has 0 bridgehead atoms. The number of aromatic nitrogens is 3. The van der Waals surface area contributed by atoms with Crippen molar-refractivity contribution in [2.24, 2.45) is 0 Å². The molecule has 4 heteroatoms. The average Bonchev–Trinajstić information content (AvgIpc) is 3.09. The van der Waals surface area contributed by atoms with E-state index in [4.69, 9.17) is 9.97 Å². The quantitative estimate of drug-likeness (QED) is 0.649. The normalized spacial score (nSPS) is 21.9. The van der Waals surface area contributed by atoms with Gasteiger partial charge in [-0.2, -0.15) is 0 Å². The van der Waals surface area contributed by atoms with Crippen molar-refractivity contribution in [2.45, 2.75) is 114 Å². The summed E-state index contributed by atoms with van der Waals surface area (Å²) in [6.45, 7) is 0. The second-order valence-corrected chi connectivity index (χ2v) is 9.49. The van der Waals surface area contributed by atoms with Crippen LogP contribution in [0.2, 0.25) is 5.82 Å². The molecule has 2 aliphatic carbocycles. The number of aromatic amines is 1. The van der Waals surface area contributed by atoms with Gasteiger partial charge in [0, 0.05) is 17.5 Å². The van der Waals surface area contributed by atoms with E-state index in [1.54, 1.807) is 0 Å². The predicted octanol–water partition coefficient (Wildman–Crippen LogP) is 6.16. The van der Waals surface area contributed by atoms with Crippen molar-refractivity contribution in [3.8, 4) is 0 Å². The highest BCUT2D eigenvalue weighted by Crippen LogP contribution is 2.29. The Morgan fingerprint density at radius 1 is 0.750 bits per heavy atom. The molecule has 3 nitrogen and oxygen atoms in total. The first-order chi connectivity index (χ1) is 13.9. The van der Waals surface area contributed by atoms with Crippen molar-refractivity contribution in [3.63, 3.8) is 0 Å². The minimum atomic E-state index is 0.555. The molecule has 0 unspecified atom stereocenters. The van der Waals surface area contributed by atoms with E-state index in [0.29, 0.717) is 5.92 Å². The van der Waals surface area contributed by atoms with Crippen LogP contribution >= 0.6 is 0 Å². The van der Waals surface area contributed by atoms with Crippen molar-refractivity contribution in [2.75, 3.05) is 0 Å². The zero-order chi connectivity index (χ0) is 19.0. The third-order valence-corrected chi connectivity index (χ3v) is 7.15. The molecule has 0 aromatic carbocycles. The lowest BCUT2D eigenvalue weighted by atomic mass is 9.58. The van der Waals surface area contributed by atoms with Crippen LogP contribution in [0.1, 0.15) is 114 Å². The fourth-order valence-corrected chi connectivity index (χ4v) is 5.42. The van der Waals surface area contributed by atoms with Gasteiger partial charge in [0.15, 0.2) is 7.28 Å². The molecular weight excluding hydrogens is 341 g/mol. The first-order valence-corrected chi connectivity index (χ1v) is 12.2. The molecule has 2 aromatic heterocycles. The minimum absolute atomic E-state index is 0.555. The SMILES string of the molecule is B(c1cc2cnc(C3CCCCCCCCC3)nc2[nH]1)C1CCCCCCC1. The van der Waals surface area contributed by atoms with Crippen LogP contribution in [0.5, 0.6) is 0 Å². The molecule has 2 saturated carbocycles. The summed E-state index contributed by atoms with van der Waals surface area (Å²) in [6, 6.07) is 2.31. The summed E-state index contributed by atoms with van der Waals surface area (Å²) in [5.41, 5.74) is 2.45. The lowest BCUT2D eigenvalue weighted by Crippen LogP contribution is -2.21. The molecule has 2 fully saturated rings. The van der Waals surface area contributed by atoms with Crippen molar-refractivity contribution in [1.29, 1.82) is 0 Å². The van der Waals surface area contributed by atoms with Gasteiger partial charge in [0.05, 0.1) is 0 Å². The Bertz CT molecular complexity index is 708. The van der Waals surface area contributed by atoms with Gasteiger partial charge in [-0.15, -0.1) is 0 Å². The average molecular weight is 379 g/mol. The van der Waals surface area contributed by atoms with Gasteiger partial charge in [-0.25, -0.2) is 9.97 Å². The van der Waals surface area contributed by atoms with Gasteiger partial charge in [0.1, 0.15) is 11.5 Å². The molecule has 1 N–H and O–H groups in total. The monoisotopic (exact) mass is 379 g/mol. The van der Waals surface area contributed by atoms with E-state index in [0.717, 1.165) is 17.3 Å². The molecule has 2 aromatic rings. The fraction of sp³-hybridized carbons (Fsp3) is 0.750. The van der Waals surface area contributed by atoms with Crippen molar-refractivity contribution in [1.82, 2.24) is 15.0 Å². The summed E-state index contributed by atoms with van der Waals surface area (Å²) in [4.78, 5) is 13.5. The highest BCUT2D eigenvalue weighted by Gasteiger charge is 2.18. The first kappa shape index (κ1) is 20.0. The zero-order valence-corrected chi connectivity index (χ0v) is 17.7. The van der Waals surface area contributed by atoms with E-state index in [2.05, 4.69) is 17.2 Å². The third kappa shape index (κ3) is 5.61. The first-order valence-electron chi connectivity index (χ1n) is 12.2. The Balaban J connectivity index is 1.44. The van der Waals surface area contributed by atoms with Gasteiger partial charge < -0.3 is 4.98 Å². The number of nitrogens with one attached hydrogen (secondary N) is 1. The second kappa shape index (κ2) is 10.5. The summed E-state index contributed by atoms with van der Waals surface area (Å²) in [5.74, 6) is 2.49. The number of hydrogen-bond donors (Lipinski definition) is 1. The summed E-state index contributed by atoms with van der Waals surface area (Å²) >= 11 is 0. The van der Waals surface area contributed by atoms with Gasteiger partial charge in [0.25, 0.3) is 0 Å². The minimum Gasteiger partial charge on any atom is -0.352 e. The van der Waals surface area contributed by atoms with Crippen molar-refractivity contribution in [3.05, 3.63) is 18.1 Å². The van der Waals surface area contributed by atoms with E-state index in [1.807, 2.05) is 0 Å². The van der Waals surface area contributed by atoms with E-state index >= 15 is 0 Å². The molecule has 0 aliphatic heterocycles. The van der Waals surface area contributed by atoms with Crippen molar-refractivity contribution < 1.29 is 0 Å². The van der Waals surface area contributed by atoms with Crippen LogP contribution in [-0.4, -0.2) is 22.2 Å². The number of hydrogen-bond acceptors (Lipinski definition) is 2. The van der Waals surface area contributed by atoms with Crippen LogP contribution in [0.3, 0.4) is 0 Å². The van der Waals surface area contributed by atoms with Gasteiger partial charge in [0.2, 0.25) is 0 Å². The molecule has 28 heavy (non-hydrogen) atoms. The molecule has 0 saturated heterocycles. The van der Waals surface area contributed by atoms with Crippen LogP contribution < -0.4 is 5.59 Å². The smallest absolute Gasteiger partial charge is 0.182 e. The molecule has 0 radical (unpaired) electrons. The van der Waals surface area contributed by atoms with E-state index in [1.165, 1.54) is 121 Å². The summed E-state index contributed by atoms with van der Waals surface area (Å²) in [5, 5.41) is 1.20. The number of nitrogens with zero attached hydrogens (tertiary/aromatic N) is 2. The Hall–Kier alpha value is -1.32. The lowest BCUT2D eigenvalue weighted by molar-refractivity contribution is 0.451. The third-order valence-electron chi connectivity index (χ3n) is 7.15. The zero-order valence-electron chi connectivity index (χ0n) is 17.7. The second-order valence-electron chi connectivity index (χ2n) is 9.49. The molecule has 2 heterocycles. The van der Waals surface area contributed by atoms with Gasteiger partial charge >= 0.3 is 0 Å². The van der Waals surface area contributed by atoms with E-state index in [9.17, 15) is 0 Å². The lowest BCUT2D eigenvalue weighted by Gasteiger charge is -2.17. The fourth-order valence-electron chi connectivity index (χ4n) is 5.42. The molecular formula is C24H38BN3. The molecule has 4 rings (SSSR count). The van der Waals surface area contributed by atoms with Gasteiger partial charge in [-0.3, -0.25) is 0 Å². The molecule has 0 spiro atoms. The van der Waals surface area contributed by atoms with Crippen LogP contribution in [0.4, 0.5) is 0 Å². The Kier molecular flexibility index (Phi) is 7.46. The van der Waals surface area contributed by atoms with Crippen LogP contribution in [0, 0.1) is 0 Å². The Morgan fingerprint density at radius 3 is 1.96 bits per heavy atom. The molecule has 0 amide bonds. The standard InChI is InChI=1S/C24H38BN3/c1-2-5-9-13-19(14-10-6-3-1)23-26-18-20-17-22(27-24(20)28-23)25-21-15-11-7-4-8-12-16-21/h17-19,21,25H,1-16H2,(H,26,27,28). The number of H-pyrrole nitrogens is 1. The largest absolute Gasteiger partial charge is 0.352 e. The maximum Gasteiger partial charge on any atom is 0.182 e. The summed E-state index contributed by atoms with van der Waals surface area (Å²) in [7, 11) is 1.19. The number of rotatable bonds is 3. The van der Waals surface area contributed by atoms with Gasteiger partial charge in [-0.05, 0) is 24.5 Å². The Morgan fingerprint density at radius 2 is 1.32 bits per heavy atom. The molecule has 152 valence electrons. The molecule has 0 atom stereocenters.